The molecule has 0 radical (unpaired) electrons. The molecule has 176 valence electrons. The zero-order chi connectivity index (χ0) is 23.5. The van der Waals surface area contributed by atoms with E-state index in [0.29, 0.717) is 41.6 Å². The SMILES string of the molecule is COc1ccc(CCC(=O)N2CCC[C@@H]2c2nnc(C(=O)Nc3ccc4c(c3)OCO4)s2)cc1. The monoisotopic (exact) mass is 480 g/mol. The summed E-state index contributed by atoms with van der Waals surface area (Å²) in [6.07, 6.45) is 2.79. The van der Waals surface area contributed by atoms with Gasteiger partial charge >= 0.3 is 0 Å². The van der Waals surface area contributed by atoms with Crippen LogP contribution in [0.4, 0.5) is 5.69 Å². The van der Waals surface area contributed by atoms with E-state index in [-0.39, 0.29) is 29.7 Å². The van der Waals surface area contributed by atoms with Gasteiger partial charge < -0.3 is 24.4 Å². The van der Waals surface area contributed by atoms with Crippen LogP contribution in [-0.2, 0) is 11.2 Å². The van der Waals surface area contributed by atoms with E-state index in [4.69, 9.17) is 14.2 Å². The highest BCUT2D eigenvalue weighted by atomic mass is 32.1. The third-order valence-electron chi connectivity index (χ3n) is 5.91. The van der Waals surface area contributed by atoms with E-state index in [2.05, 4.69) is 15.5 Å². The molecule has 0 saturated carbocycles. The van der Waals surface area contributed by atoms with Gasteiger partial charge in [-0.25, -0.2) is 0 Å². The van der Waals surface area contributed by atoms with Crippen molar-refractivity contribution in [2.24, 2.45) is 0 Å². The van der Waals surface area contributed by atoms with Crippen LogP contribution >= 0.6 is 11.3 Å². The number of hydrogen-bond donors (Lipinski definition) is 1. The third-order valence-corrected chi connectivity index (χ3v) is 6.93. The number of nitrogens with zero attached hydrogens (tertiary/aromatic N) is 3. The van der Waals surface area contributed by atoms with Gasteiger partial charge in [0.05, 0.1) is 13.2 Å². The zero-order valence-electron chi connectivity index (χ0n) is 18.7. The highest BCUT2D eigenvalue weighted by Gasteiger charge is 2.33. The Labute approximate surface area is 200 Å². The van der Waals surface area contributed by atoms with Crippen molar-refractivity contribution in [3.63, 3.8) is 0 Å². The minimum atomic E-state index is -0.349. The molecule has 0 bridgehead atoms. The normalized spacial score (nSPS) is 16.5. The molecule has 5 rings (SSSR count). The number of methoxy groups -OCH3 is 1. The van der Waals surface area contributed by atoms with Crippen molar-refractivity contribution in [1.82, 2.24) is 15.1 Å². The molecule has 2 aliphatic rings. The summed E-state index contributed by atoms with van der Waals surface area (Å²) >= 11 is 1.22. The Morgan fingerprint density at radius 3 is 2.79 bits per heavy atom. The van der Waals surface area contributed by atoms with E-state index >= 15 is 0 Å². The van der Waals surface area contributed by atoms with Crippen molar-refractivity contribution in [2.45, 2.75) is 31.7 Å². The van der Waals surface area contributed by atoms with Gasteiger partial charge in [-0.1, -0.05) is 23.5 Å². The largest absolute Gasteiger partial charge is 0.497 e. The molecule has 1 fully saturated rings. The lowest BCUT2D eigenvalue weighted by molar-refractivity contribution is -0.132. The predicted octanol–water partition coefficient (Wildman–Crippen LogP) is 3.82. The molecule has 3 heterocycles. The van der Waals surface area contributed by atoms with Gasteiger partial charge in [0.2, 0.25) is 17.7 Å². The number of hydrogen-bond acceptors (Lipinski definition) is 8. The smallest absolute Gasteiger partial charge is 0.286 e. The summed E-state index contributed by atoms with van der Waals surface area (Å²) in [6, 6.07) is 12.8. The molecule has 0 spiro atoms. The van der Waals surface area contributed by atoms with Crippen molar-refractivity contribution < 1.29 is 23.8 Å². The number of fused-ring (bicyclic) bond motifs is 1. The van der Waals surface area contributed by atoms with E-state index in [9.17, 15) is 9.59 Å². The Morgan fingerprint density at radius 1 is 1.15 bits per heavy atom. The van der Waals surface area contributed by atoms with Crippen LogP contribution in [0.3, 0.4) is 0 Å². The van der Waals surface area contributed by atoms with Crippen LogP contribution in [0, 0.1) is 0 Å². The molecule has 1 aromatic heterocycles. The van der Waals surface area contributed by atoms with Gasteiger partial charge in [-0.15, -0.1) is 10.2 Å². The second-order valence-electron chi connectivity index (χ2n) is 8.06. The van der Waals surface area contributed by atoms with Gasteiger partial charge in [-0.2, -0.15) is 0 Å². The van der Waals surface area contributed by atoms with Gasteiger partial charge in [-0.3, -0.25) is 9.59 Å². The molecule has 0 unspecified atom stereocenters. The number of anilines is 1. The first-order valence-corrected chi connectivity index (χ1v) is 11.9. The fourth-order valence-corrected chi connectivity index (χ4v) is 5.02. The van der Waals surface area contributed by atoms with Crippen molar-refractivity contribution in [2.75, 3.05) is 25.8 Å². The summed E-state index contributed by atoms with van der Waals surface area (Å²) in [5.41, 5.74) is 1.67. The average Bonchev–Trinajstić information content (AvgIpc) is 3.62. The van der Waals surface area contributed by atoms with E-state index in [1.165, 1.54) is 11.3 Å². The van der Waals surface area contributed by atoms with Crippen molar-refractivity contribution in [3.8, 4) is 17.2 Å². The average molecular weight is 481 g/mol. The Balaban J connectivity index is 1.20. The quantitative estimate of drug-likeness (QED) is 0.548. The van der Waals surface area contributed by atoms with Crippen molar-refractivity contribution in [1.29, 1.82) is 0 Å². The molecule has 10 heteroatoms. The molecule has 0 aliphatic carbocycles. The fraction of sp³-hybridized carbons (Fsp3) is 0.333. The first kappa shape index (κ1) is 22.1. The molecule has 2 aliphatic heterocycles. The summed E-state index contributed by atoms with van der Waals surface area (Å²) in [5.74, 6) is 1.77. The first-order chi connectivity index (χ1) is 16.6. The van der Waals surface area contributed by atoms with Crippen LogP contribution in [0.1, 0.15) is 45.7 Å². The van der Waals surface area contributed by atoms with Gasteiger partial charge in [0.1, 0.15) is 10.8 Å². The fourth-order valence-electron chi connectivity index (χ4n) is 4.13. The summed E-state index contributed by atoms with van der Waals surface area (Å²) in [7, 11) is 1.63. The lowest BCUT2D eigenvalue weighted by Crippen LogP contribution is -2.30. The minimum absolute atomic E-state index is 0.0832. The number of ether oxygens (including phenoxy) is 3. The number of likely N-dealkylation sites (tertiary alicyclic amines) is 1. The summed E-state index contributed by atoms with van der Waals surface area (Å²) in [5, 5.41) is 12.1. The lowest BCUT2D eigenvalue weighted by Gasteiger charge is -2.22. The maximum atomic E-state index is 13.0. The van der Waals surface area contributed by atoms with Crippen LogP contribution in [-0.4, -0.2) is 47.4 Å². The van der Waals surface area contributed by atoms with Gasteiger partial charge in [0, 0.05) is 24.7 Å². The second-order valence-corrected chi connectivity index (χ2v) is 9.07. The number of benzene rings is 2. The van der Waals surface area contributed by atoms with Crippen LogP contribution in [0.2, 0.25) is 0 Å². The Hall–Kier alpha value is -3.66. The standard InChI is InChI=1S/C24H24N4O5S/c1-31-17-8-4-15(5-9-17)6-11-21(29)28-12-2-3-18(28)23-26-27-24(34-23)22(30)25-16-7-10-19-20(13-16)33-14-32-19/h4-5,7-10,13,18H,2-3,6,11-12,14H2,1H3,(H,25,30)/t18-/m1/s1. The highest BCUT2D eigenvalue weighted by Crippen LogP contribution is 2.36. The molecule has 34 heavy (non-hydrogen) atoms. The topological polar surface area (TPSA) is 103 Å². The second kappa shape index (κ2) is 9.68. The minimum Gasteiger partial charge on any atom is -0.497 e. The molecule has 2 aromatic carbocycles. The van der Waals surface area contributed by atoms with Crippen LogP contribution in [0.25, 0.3) is 0 Å². The Bertz CT molecular complexity index is 1200. The van der Waals surface area contributed by atoms with Gasteiger partial charge in [0.15, 0.2) is 11.5 Å². The molecular weight excluding hydrogens is 456 g/mol. The summed E-state index contributed by atoms with van der Waals surface area (Å²) < 4.78 is 15.8. The Kier molecular flexibility index (Phi) is 6.31. The van der Waals surface area contributed by atoms with Gasteiger partial charge in [-0.05, 0) is 49.1 Å². The number of rotatable bonds is 7. The first-order valence-electron chi connectivity index (χ1n) is 11.1. The summed E-state index contributed by atoms with van der Waals surface area (Å²) in [6.45, 7) is 0.855. The van der Waals surface area contributed by atoms with Crippen LogP contribution < -0.4 is 19.5 Å². The molecule has 1 N–H and O–H groups in total. The van der Waals surface area contributed by atoms with E-state index < -0.39 is 0 Å². The number of nitrogens with one attached hydrogen (secondary N) is 1. The number of aryl methyl sites for hydroxylation is 1. The molecule has 2 amide bonds. The third kappa shape index (κ3) is 4.67. The van der Waals surface area contributed by atoms with Crippen molar-refractivity contribution in [3.05, 3.63) is 58.0 Å². The van der Waals surface area contributed by atoms with E-state index in [1.807, 2.05) is 29.2 Å². The zero-order valence-corrected chi connectivity index (χ0v) is 19.5. The maximum absolute atomic E-state index is 13.0. The number of aromatic nitrogens is 2. The lowest BCUT2D eigenvalue weighted by atomic mass is 10.1. The Morgan fingerprint density at radius 2 is 1.97 bits per heavy atom. The van der Waals surface area contributed by atoms with Crippen molar-refractivity contribution >= 4 is 28.8 Å². The predicted molar refractivity (Wildman–Crippen MR) is 125 cm³/mol. The van der Waals surface area contributed by atoms with Crippen LogP contribution in [0.5, 0.6) is 17.2 Å². The maximum Gasteiger partial charge on any atom is 0.286 e. The van der Waals surface area contributed by atoms with Crippen LogP contribution in [0.15, 0.2) is 42.5 Å². The molecule has 3 aromatic rings. The van der Waals surface area contributed by atoms with E-state index in [0.717, 1.165) is 24.2 Å². The molecular formula is C24H24N4O5S. The number of amides is 2. The molecule has 1 atom stereocenters. The highest BCUT2D eigenvalue weighted by molar-refractivity contribution is 7.13. The van der Waals surface area contributed by atoms with Gasteiger partial charge in [0.25, 0.3) is 5.91 Å². The number of carbonyl (C=O) groups excluding carboxylic acids is 2. The number of carbonyl (C=O) groups is 2. The summed E-state index contributed by atoms with van der Waals surface area (Å²) in [4.78, 5) is 27.5. The molecule has 9 nitrogen and oxygen atoms in total. The van der Waals surface area contributed by atoms with E-state index in [1.54, 1.807) is 25.3 Å². The molecule has 1 saturated heterocycles.